The van der Waals surface area contributed by atoms with E-state index < -0.39 is 45.4 Å². The first kappa shape index (κ1) is 14.1. The molecular weight excluding hydrogens is 287 g/mol. The summed E-state index contributed by atoms with van der Waals surface area (Å²) in [4.78, 5) is 38.3. The van der Waals surface area contributed by atoms with Crippen molar-refractivity contribution in [3.63, 3.8) is 0 Å². The first-order valence-electron chi connectivity index (χ1n) is 5.42. The minimum absolute atomic E-state index is 0.424. The molecule has 3 N–H and O–H groups in total. The maximum absolute atomic E-state index is 13.5. The first-order valence-corrected chi connectivity index (χ1v) is 5.42. The number of nitrogens with one attached hydrogen (secondary N) is 2. The number of carboxylic acid groups (broad SMARTS) is 1. The van der Waals surface area contributed by atoms with E-state index in [-0.39, 0.29) is 0 Å². The van der Waals surface area contributed by atoms with Crippen LogP contribution in [0, 0.1) is 15.9 Å². The Morgan fingerprint density at radius 1 is 1.43 bits per heavy atom. The van der Waals surface area contributed by atoms with E-state index in [1.165, 1.54) is 0 Å². The third-order valence-corrected chi connectivity index (χ3v) is 2.48. The summed E-state index contributed by atoms with van der Waals surface area (Å²) in [5.74, 6) is -3.33. The van der Waals surface area contributed by atoms with Crippen molar-refractivity contribution in [3.8, 4) is 0 Å². The van der Waals surface area contributed by atoms with E-state index in [9.17, 15) is 24.1 Å². The van der Waals surface area contributed by atoms with E-state index >= 15 is 0 Å². The quantitative estimate of drug-likeness (QED) is 0.575. The van der Waals surface area contributed by atoms with Crippen molar-refractivity contribution >= 4 is 23.3 Å². The molecule has 0 radical (unpaired) electrons. The summed E-state index contributed by atoms with van der Waals surface area (Å²) < 4.78 is 13.5. The van der Waals surface area contributed by atoms with Crippen LogP contribution in [0.4, 0.5) is 15.8 Å². The maximum Gasteiger partial charge on any atom is 0.354 e. The number of H-pyrrole nitrogens is 1. The number of carboxylic acids is 1. The van der Waals surface area contributed by atoms with Crippen molar-refractivity contribution in [2.75, 3.05) is 5.32 Å². The van der Waals surface area contributed by atoms with Gasteiger partial charge < -0.3 is 15.4 Å². The molecule has 9 nitrogen and oxygen atoms in total. The lowest BCUT2D eigenvalue weighted by Gasteiger charge is -2.05. The number of non-ortho nitro benzene ring substituents is 1. The van der Waals surface area contributed by atoms with Crippen LogP contribution in [0.25, 0.3) is 0 Å². The number of imidazole rings is 1. The first-order chi connectivity index (χ1) is 9.90. The van der Waals surface area contributed by atoms with Gasteiger partial charge in [-0.05, 0) is 6.07 Å². The summed E-state index contributed by atoms with van der Waals surface area (Å²) in [6, 6.07) is 2.57. The zero-order chi connectivity index (χ0) is 15.6. The van der Waals surface area contributed by atoms with Crippen LogP contribution >= 0.6 is 0 Å². The highest BCUT2D eigenvalue weighted by atomic mass is 19.1. The molecular formula is C11H7FN4O5. The molecule has 2 aromatic rings. The Kier molecular flexibility index (Phi) is 3.61. The topological polar surface area (TPSA) is 138 Å². The van der Waals surface area contributed by atoms with Crippen molar-refractivity contribution in [2.24, 2.45) is 0 Å². The van der Waals surface area contributed by atoms with Gasteiger partial charge in [0, 0.05) is 12.1 Å². The summed E-state index contributed by atoms with van der Waals surface area (Å²) >= 11 is 0. The van der Waals surface area contributed by atoms with E-state index in [4.69, 9.17) is 5.11 Å². The number of nitro groups is 1. The second-order valence-electron chi connectivity index (χ2n) is 3.81. The van der Waals surface area contributed by atoms with Crippen LogP contribution in [-0.2, 0) is 0 Å². The second kappa shape index (κ2) is 5.36. The molecule has 0 fully saturated rings. The summed E-state index contributed by atoms with van der Waals surface area (Å²) in [5.41, 5.74) is -1.81. The van der Waals surface area contributed by atoms with Gasteiger partial charge in [0.1, 0.15) is 5.82 Å². The van der Waals surface area contributed by atoms with E-state index in [1.54, 1.807) is 0 Å². The number of anilines is 1. The number of halogens is 1. The fraction of sp³-hybridized carbons (Fsp3) is 0. The summed E-state index contributed by atoms with van der Waals surface area (Å²) in [6.45, 7) is 0. The molecule has 21 heavy (non-hydrogen) atoms. The minimum Gasteiger partial charge on any atom is -0.477 e. The fourth-order valence-corrected chi connectivity index (χ4v) is 1.53. The SMILES string of the molecule is O=C(Nc1cc([N+](=O)[O-])ccc1F)c1nc[nH]c1C(=O)O. The van der Waals surface area contributed by atoms with Gasteiger partial charge in [0.05, 0.1) is 16.9 Å². The van der Waals surface area contributed by atoms with E-state index in [2.05, 4.69) is 9.97 Å². The summed E-state index contributed by atoms with van der Waals surface area (Å²) in [7, 11) is 0. The molecule has 0 spiro atoms. The van der Waals surface area contributed by atoms with Gasteiger partial charge >= 0.3 is 5.97 Å². The number of aromatic amines is 1. The van der Waals surface area contributed by atoms with Crippen LogP contribution in [0.3, 0.4) is 0 Å². The molecule has 0 aliphatic carbocycles. The van der Waals surface area contributed by atoms with Crippen molar-refractivity contribution in [1.82, 2.24) is 9.97 Å². The van der Waals surface area contributed by atoms with Gasteiger partial charge in [-0.25, -0.2) is 14.2 Å². The average molecular weight is 294 g/mol. The number of nitro benzene ring substituents is 1. The number of aromatic nitrogens is 2. The molecule has 0 saturated carbocycles. The average Bonchev–Trinajstić information content (AvgIpc) is 2.90. The predicted molar refractivity (Wildman–Crippen MR) is 66.6 cm³/mol. The minimum atomic E-state index is -1.42. The van der Waals surface area contributed by atoms with E-state index in [0.29, 0.717) is 0 Å². The molecule has 0 aliphatic heterocycles. The molecule has 0 saturated heterocycles. The Hall–Kier alpha value is -3.30. The molecule has 0 unspecified atom stereocenters. The van der Waals surface area contributed by atoms with E-state index in [0.717, 1.165) is 24.5 Å². The zero-order valence-corrected chi connectivity index (χ0v) is 10.2. The molecule has 0 atom stereocenters. The lowest BCUT2D eigenvalue weighted by molar-refractivity contribution is -0.384. The van der Waals surface area contributed by atoms with Crippen LogP contribution in [0.15, 0.2) is 24.5 Å². The largest absolute Gasteiger partial charge is 0.477 e. The molecule has 1 aromatic carbocycles. The van der Waals surface area contributed by atoms with Crippen molar-refractivity contribution in [2.45, 2.75) is 0 Å². The molecule has 1 amide bonds. The Morgan fingerprint density at radius 3 is 2.76 bits per heavy atom. The number of nitrogens with zero attached hydrogens (tertiary/aromatic N) is 2. The normalized spacial score (nSPS) is 10.1. The van der Waals surface area contributed by atoms with Crippen molar-refractivity contribution in [3.05, 3.63) is 51.8 Å². The van der Waals surface area contributed by atoms with Gasteiger partial charge in [0.2, 0.25) is 0 Å². The third kappa shape index (κ3) is 2.83. The Bertz CT molecular complexity index is 742. The third-order valence-electron chi connectivity index (χ3n) is 2.48. The molecule has 108 valence electrons. The Labute approximate surface area is 115 Å². The lowest BCUT2D eigenvalue weighted by Crippen LogP contribution is -2.17. The van der Waals surface area contributed by atoms with Crippen molar-refractivity contribution in [1.29, 1.82) is 0 Å². The number of benzene rings is 1. The number of carbonyl (C=O) groups is 2. The van der Waals surface area contributed by atoms with Crippen LogP contribution in [0.1, 0.15) is 21.0 Å². The van der Waals surface area contributed by atoms with Gasteiger partial charge in [-0.2, -0.15) is 0 Å². The molecule has 2 rings (SSSR count). The Balaban J connectivity index is 2.31. The van der Waals surface area contributed by atoms with E-state index in [1.807, 2.05) is 5.32 Å². The number of rotatable bonds is 4. The number of amides is 1. The van der Waals surface area contributed by atoms with Gasteiger partial charge in [-0.15, -0.1) is 0 Å². The van der Waals surface area contributed by atoms with Gasteiger partial charge in [-0.1, -0.05) is 0 Å². The standard InChI is InChI=1S/C11H7FN4O5/c12-6-2-1-5(16(20)21)3-7(6)15-10(17)8-9(11(18)19)14-4-13-8/h1-4H,(H,13,14)(H,15,17)(H,18,19). The highest BCUT2D eigenvalue weighted by molar-refractivity contribution is 6.08. The monoisotopic (exact) mass is 294 g/mol. The summed E-state index contributed by atoms with van der Waals surface area (Å²) in [5, 5.41) is 21.5. The molecule has 10 heteroatoms. The zero-order valence-electron chi connectivity index (χ0n) is 10.2. The lowest BCUT2D eigenvalue weighted by atomic mass is 10.2. The van der Waals surface area contributed by atoms with Gasteiger partial charge in [-0.3, -0.25) is 14.9 Å². The second-order valence-corrected chi connectivity index (χ2v) is 3.81. The van der Waals surface area contributed by atoms with Crippen LogP contribution in [0.5, 0.6) is 0 Å². The number of carbonyl (C=O) groups excluding carboxylic acids is 1. The Morgan fingerprint density at radius 2 is 2.14 bits per heavy atom. The molecule has 0 aliphatic rings. The fourth-order valence-electron chi connectivity index (χ4n) is 1.53. The van der Waals surface area contributed by atoms with Crippen LogP contribution < -0.4 is 5.32 Å². The molecule has 1 heterocycles. The number of aromatic carboxylic acids is 1. The van der Waals surface area contributed by atoms with Crippen LogP contribution in [0.2, 0.25) is 0 Å². The van der Waals surface area contributed by atoms with Crippen molar-refractivity contribution < 1.29 is 24.0 Å². The highest BCUT2D eigenvalue weighted by Crippen LogP contribution is 2.21. The number of hydrogen-bond donors (Lipinski definition) is 3. The molecule has 1 aromatic heterocycles. The molecule has 0 bridgehead atoms. The van der Waals surface area contributed by atoms with Crippen LogP contribution in [-0.4, -0.2) is 31.9 Å². The number of hydrogen-bond acceptors (Lipinski definition) is 5. The van der Waals surface area contributed by atoms with Gasteiger partial charge in [0.25, 0.3) is 11.6 Å². The smallest absolute Gasteiger partial charge is 0.354 e. The van der Waals surface area contributed by atoms with Gasteiger partial charge in [0.15, 0.2) is 11.4 Å². The predicted octanol–water partition coefficient (Wildman–Crippen LogP) is 1.41. The maximum atomic E-state index is 13.5. The summed E-state index contributed by atoms with van der Waals surface area (Å²) in [6.07, 6.45) is 0.988. The highest BCUT2D eigenvalue weighted by Gasteiger charge is 2.21.